The Morgan fingerprint density at radius 3 is 2.85 bits per heavy atom. The van der Waals surface area contributed by atoms with Crippen molar-refractivity contribution in [1.29, 1.82) is 0 Å². The lowest BCUT2D eigenvalue weighted by Gasteiger charge is -2.16. The summed E-state index contributed by atoms with van der Waals surface area (Å²) in [7, 11) is 0. The van der Waals surface area contributed by atoms with Crippen LogP contribution in [0.4, 0.5) is 5.69 Å². The highest BCUT2D eigenvalue weighted by Gasteiger charge is 2.32. The Bertz CT molecular complexity index is 528. The molecule has 1 aliphatic rings. The first-order valence-corrected chi connectivity index (χ1v) is 6.51. The van der Waals surface area contributed by atoms with Crippen molar-refractivity contribution in [2.45, 2.75) is 25.9 Å². The molecule has 1 amide bonds. The maximum atomic E-state index is 12.1. The molecular formula is C14H17NO5. The van der Waals surface area contributed by atoms with E-state index < -0.39 is 5.97 Å². The lowest BCUT2D eigenvalue weighted by molar-refractivity contribution is -0.121. The summed E-state index contributed by atoms with van der Waals surface area (Å²) in [4.78, 5) is 23.1. The standard InChI is InChI=1S/C14H17NO5/c1-2-12-9(5-6-20-12)13(17)15-8-3-4-11(16)10(7-8)14(18)19/h3-4,7,9,12,16H,2,5-6H2,1H3,(H,15,17)(H,18,19). The first kappa shape index (κ1) is 14.3. The van der Waals surface area contributed by atoms with Crippen LogP contribution in [0.3, 0.4) is 0 Å². The van der Waals surface area contributed by atoms with E-state index >= 15 is 0 Å². The van der Waals surface area contributed by atoms with Crippen LogP contribution in [-0.2, 0) is 9.53 Å². The molecule has 1 saturated heterocycles. The minimum absolute atomic E-state index is 0.0916. The summed E-state index contributed by atoms with van der Waals surface area (Å²) in [6.45, 7) is 2.52. The van der Waals surface area contributed by atoms with Gasteiger partial charge in [0.25, 0.3) is 0 Å². The fourth-order valence-electron chi connectivity index (χ4n) is 2.37. The predicted octanol–water partition coefficient (Wildman–Crippen LogP) is 1.84. The van der Waals surface area contributed by atoms with Crippen LogP contribution in [0.25, 0.3) is 0 Å². The van der Waals surface area contributed by atoms with Gasteiger partial charge in [-0.1, -0.05) is 6.92 Å². The van der Waals surface area contributed by atoms with Crippen molar-refractivity contribution >= 4 is 17.6 Å². The second-order valence-corrected chi connectivity index (χ2v) is 4.74. The Morgan fingerprint density at radius 2 is 2.20 bits per heavy atom. The van der Waals surface area contributed by atoms with E-state index in [1.165, 1.54) is 18.2 Å². The predicted molar refractivity (Wildman–Crippen MR) is 71.8 cm³/mol. The number of hydrogen-bond acceptors (Lipinski definition) is 4. The van der Waals surface area contributed by atoms with Gasteiger partial charge in [-0.2, -0.15) is 0 Å². The lowest BCUT2D eigenvalue weighted by Crippen LogP contribution is -2.29. The Morgan fingerprint density at radius 1 is 1.45 bits per heavy atom. The maximum Gasteiger partial charge on any atom is 0.339 e. The topological polar surface area (TPSA) is 95.9 Å². The third-order valence-corrected chi connectivity index (χ3v) is 3.44. The molecule has 2 unspecified atom stereocenters. The van der Waals surface area contributed by atoms with Gasteiger partial charge in [0.05, 0.1) is 12.0 Å². The molecule has 108 valence electrons. The zero-order valence-electron chi connectivity index (χ0n) is 11.1. The number of phenols is 1. The minimum atomic E-state index is -1.24. The van der Waals surface area contributed by atoms with E-state index in [-0.39, 0.29) is 29.2 Å². The number of carboxylic acid groups (broad SMARTS) is 1. The van der Waals surface area contributed by atoms with Gasteiger partial charge in [0, 0.05) is 12.3 Å². The maximum absolute atomic E-state index is 12.1. The Labute approximate surface area is 116 Å². The Balaban J connectivity index is 2.12. The van der Waals surface area contributed by atoms with E-state index in [0.717, 1.165) is 6.42 Å². The normalized spacial score (nSPS) is 21.6. The molecule has 0 saturated carbocycles. The van der Waals surface area contributed by atoms with E-state index in [0.29, 0.717) is 18.7 Å². The molecular weight excluding hydrogens is 262 g/mol. The Kier molecular flexibility index (Phi) is 4.24. The van der Waals surface area contributed by atoms with Crippen molar-refractivity contribution in [3.8, 4) is 5.75 Å². The van der Waals surface area contributed by atoms with Crippen LogP contribution in [0.2, 0.25) is 0 Å². The van der Waals surface area contributed by atoms with Gasteiger partial charge in [0.1, 0.15) is 11.3 Å². The largest absolute Gasteiger partial charge is 0.507 e. The van der Waals surface area contributed by atoms with Crippen LogP contribution in [0.15, 0.2) is 18.2 Å². The van der Waals surface area contributed by atoms with Crippen molar-refractivity contribution in [1.82, 2.24) is 0 Å². The smallest absolute Gasteiger partial charge is 0.339 e. The summed E-state index contributed by atoms with van der Waals surface area (Å²) in [5, 5.41) is 21.0. The van der Waals surface area contributed by atoms with Crippen LogP contribution in [0, 0.1) is 5.92 Å². The number of aromatic carboxylic acids is 1. The summed E-state index contributed by atoms with van der Waals surface area (Å²) in [6.07, 6.45) is 1.33. The molecule has 3 N–H and O–H groups in total. The number of amides is 1. The van der Waals surface area contributed by atoms with Gasteiger partial charge in [-0.25, -0.2) is 4.79 Å². The molecule has 20 heavy (non-hydrogen) atoms. The number of nitrogens with one attached hydrogen (secondary N) is 1. The van der Waals surface area contributed by atoms with E-state index in [9.17, 15) is 14.7 Å². The van der Waals surface area contributed by atoms with Gasteiger partial charge in [0.2, 0.25) is 5.91 Å². The van der Waals surface area contributed by atoms with E-state index in [4.69, 9.17) is 9.84 Å². The van der Waals surface area contributed by atoms with Gasteiger partial charge in [-0.15, -0.1) is 0 Å². The highest BCUT2D eigenvalue weighted by Crippen LogP contribution is 2.26. The molecule has 0 radical (unpaired) electrons. The molecule has 0 aliphatic carbocycles. The van der Waals surface area contributed by atoms with Gasteiger partial charge in [0.15, 0.2) is 0 Å². The number of aromatic hydroxyl groups is 1. The highest BCUT2D eigenvalue weighted by molar-refractivity contribution is 5.96. The first-order chi connectivity index (χ1) is 9.52. The third-order valence-electron chi connectivity index (χ3n) is 3.44. The average Bonchev–Trinajstić information content (AvgIpc) is 2.89. The van der Waals surface area contributed by atoms with E-state index in [1.54, 1.807) is 0 Å². The first-order valence-electron chi connectivity index (χ1n) is 6.51. The molecule has 1 aromatic rings. The molecule has 2 rings (SSSR count). The summed E-state index contributed by atoms with van der Waals surface area (Å²) in [6, 6.07) is 3.96. The van der Waals surface area contributed by atoms with Crippen LogP contribution < -0.4 is 5.32 Å². The number of carbonyl (C=O) groups excluding carboxylic acids is 1. The minimum Gasteiger partial charge on any atom is -0.507 e. The quantitative estimate of drug-likeness (QED) is 0.731. The second-order valence-electron chi connectivity index (χ2n) is 4.74. The van der Waals surface area contributed by atoms with Crippen LogP contribution >= 0.6 is 0 Å². The fraction of sp³-hybridized carbons (Fsp3) is 0.429. The summed E-state index contributed by atoms with van der Waals surface area (Å²) >= 11 is 0. The van der Waals surface area contributed by atoms with E-state index in [2.05, 4.69) is 5.32 Å². The molecule has 6 heteroatoms. The summed E-state index contributed by atoms with van der Waals surface area (Å²) in [5.74, 6) is -1.97. The van der Waals surface area contributed by atoms with Gasteiger partial charge < -0.3 is 20.3 Å². The van der Waals surface area contributed by atoms with Crippen molar-refractivity contribution in [3.63, 3.8) is 0 Å². The zero-order valence-corrected chi connectivity index (χ0v) is 11.1. The SMILES string of the molecule is CCC1OCCC1C(=O)Nc1ccc(O)c(C(=O)O)c1. The average molecular weight is 279 g/mol. The lowest BCUT2D eigenvalue weighted by atomic mass is 9.98. The second kappa shape index (κ2) is 5.92. The summed E-state index contributed by atoms with van der Waals surface area (Å²) < 4.78 is 5.46. The molecule has 1 aromatic carbocycles. The van der Waals surface area contributed by atoms with Crippen LogP contribution in [-0.4, -0.2) is 34.8 Å². The number of anilines is 1. The molecule has 6 nitrogen and oxygen atoms in total. The van der Waals surface area contributed by atoms with Crippen molar-refractivity contribution in [2.24, 2.45) is 5.92 Å². The van der Waals surface area contributed by atoms with Gasteiger partial charge >= 0.3 is 5.97 Å². The number of rotatable bonds is 4. The molecule has 1 fully saturated rings. The zero-order chi connectivity index (χ0) is 14.7. The van der Waals surface area contributed by atoms with Crippen molar-refractivity contribution < 1.29 is 24.5 Å². The van der Waals surface area contributed by atoms with E-state index in [1.807, 2.05) is 6.92 Å². The third kappa shape index (κ3) is 2.91. The molecule has 1 heterocycles. The number of carbonyl (C=O) groups is 2. The molecule has 0 aromatic heterocycles. The Hall–Kier alpha value is -2.08. The monoisotopic (exact) mass is 279 g/mol. The van der Waals surface area contributed by atoms with Gasteiger partial charge in [-0.3, -0.25) is 4.79 Å². The van der Waals surface area contributed by atoms with Crippen molar-refractivity contribution in [3.05, 3.63) is 23.8 Å². The highest BCUT2D eigenvalue weighted by atomic mass is 16.5. The summed E-state index contributed by atoms with van der Waals surface area (Å²) in [5.41, 5.74) is 0.115. The molecule has 0 bridgehead atoms. The number of ether oxygens (including phenoxy) is 1. The van der Waals surface area contributed by atoms with Crippen LogP contribution in [0.5, 0.6) is 5.75 Å². The molecule has 1 aliphatic heterocycles. The van der Waals surface area contributed by atoms with Gasteiger partial charge in [-0.05, 0) is 31.0 Å². The number of hydrogen-bond donors (Lipinski definition) is 3. The molecule has 0 spiro atoms. The number of benzene rings is 1. The van der Waals surface area contributed by atoms with Crippen LogP contribution in [0.1, 0.15) is 30.1 Å². The fourth-order valence-corrected chi connectivity index (χ4v) is 2.37. The van der Waals surface area contributed by atoms with Crippen molar-refractivity contribution in [2.75, 3.05) is 11.9 Å². The molecule has 2 atom stereocenters. The number of carboxylic acids is 1.